The van der Waals surface area contributed by atoms with Gasteiger partial charge in [-0.3, -0.25) is 0 Å². The summed E-state index contributed by atoms with van der Waals surface area (Å²) in [5.41, 5.74) is 2.03. The van der Waals surface area contributed by atoms with Crippen LogP contribution in [0.1, 0.15) is 18.2 Å². The number of hydrogen-bond donors (Lipinski definition) is 1. The van der Waals surface area contributed by atoms with Crippen molar-refractivity contribution in [2.45, 2.75) is 30.2 Å². The SMILES string of the molecule is CCN(C)c1ncnc2c1CCN(S(=O)(=O)c1cccs1)CC2.O=C(O)C(F)(F)F. The van der Waals surface area contributed by atoms with Crippen LogP contribution in [0.5, 0.6) is 0 Å². The number of halogens is 3. The molecular weight excluding hydrogens is 445 g/mol. The van der Waals surface area contributed by atoms with Crippen LogP contribution in [0, 0.1) is 0 Å². The van der Waals surface area contributed by atoms with Crippen molar-refractivity contribution < 1.29 is 31.5 Å². The largest absolute Gasteiger partial charge is 0.490 e. The number of sulfonamides is 1. The molecule has 3 heterocycles. The minimum Gasteiger partial charge on any atom is -0.475 e. The zero-order chi connectivity index (χ0) is 22.5. The Morgan fingerprint density at radius 1 is 1.30 bits per heavy atom. The van der Waals surface area contributed by atoms with Crippen LogP contribution in [0.3, 0.4) is 0 Å². The molecule has 0 unspecified atom stereocenters. The first-order valence-electron chi connectivity index (χ1n) is 8.86. The van der Waals surface area contributed by atoms with E-state index in [1.54, 1.807) is 28.1 Å². The summed E-state index contributed by atoms with van der Waals surface area (Å²) in [6, 6.07) is 3.43. The molecule has 0 radical (unpaired) electrons. The van der Waals surface area contributed by atoms with Gasteiger partial charge in [-0.15, -0.1) is 11.3 Å². The third-order valence-corrected chi connectivity index (χ3v) is 7.66. The third-order valence-electron chi connectivity index (χ3n) is 4.39. The van der Waals surface area contributed by atoms with Crippen molar-refractivity contribution in [3.05, 3.63) is 35.1 Å². The topological polar surface area (TPSA) is 104 Å². The number of carboxylic acid groups (broad SMARTS) is 1. The van der Waals surface area contributed by atoms with Gasteiger partial charge in [0.1, 0.15) is 16.4 Å². The quantitative estimate of drug-likeness (QED) is 0.738. The van der Waals surface area contributed by atoms with Gasteiger partial charge in [0, 0.05) is 38.7 Å². The molecule has 2 aromatic rings. The molecule has 3 rings (SSSR count). The van der Waals surface area contributed by atoms with Gasteiger partial charge in [0.05, 0.1) is 5.69 Å². The second-order valence-corrected chi connectivity index (χ2v) is 9.39. The van der Waals surface area contributed by atoms with Crippen LogP contribution in [0.15, 0.2) is 28.0 Å². The average Bonchev–Trinajstić information content (AvgIpc) is 3.14. The number of carbonyl (C=O) groups is 1. The van der Waals surface area contributed by atoms with Gasteiger partial charge in [-0.1, -0.05) is 6.07 Å². The summed E-state index contributed by atoms with van der Waals surface area (Å²) in [6.45, 7) is 3.84. The van der Waals surface area contributed by atoms with Gasteiger partial charge >= 0.3 is 12.1 Å². The number of rotatable bonds is 4. The van der Waals surface area contributed by atoms with Crippen molar-refractivity contribution in [2.75, 3.05) is 31.6 Å². The summed E-state index contributed by atoms with van der Waals surface area (Å²) in [6.07, 6.45) is -2.25. The van der Waals surface area contributed by atoms with E-state index in [1.807, 2.05) is 7.05 Å². The lowest BCUT2D eigenvalue weighted by atomic mass is 10.1. The smallest absolute Gasteiger partial charge is 0.475 e. The van der Waals surface area contributed by atoms with Crippen LogP contribution in [0.25, 0.3) is 0 Å². The van der Waals surface area contributed by atoms with Crippen molar-refractivity contribution in [2.24, 2.45) is 0 Å². The van der Waals surface area contributed by atoms with Gasteiger partial charge in [0.15, 0.2) is 0 Å². The molecule has 13 heteroatoms. The molecule has 0 bridgehead atoms. The standard InChI is InChI=1S/C15H20N4O2S2.C2HF3O2/c1-3-18(2)15-12-6-8-19(9-7-13(12)16-11-17-15)23(20,21)14-5-4-10-22-14;3-2(4,5)1(6)7/h4-5,10-11H,3,6-9H2,1-2H3;(H,6,7). The number of anilines is 1. The van der Waals surface area contributed by atoms with Gasteiger partial charge in [-0.05, 0) is 24.8 Å². The predicted octanol–water partition coefficient (Wildman–Crippen LogP) is 2.42. The Labute approximate surface area is 176 Å². The summed E-state index contributed by atoms with van der Waals surface area (Å²) in [5.74, 6) is -1.85. The second-order valence-electron chi connectivity index (χ2n) is 6.28. The average molecular weight is 467 g/mol. The fourth-order valence-electron chi connectivity index (χ4n) is 2.75. The predicted molar refractivity (Wildman–Crippen MR) is 105 cm³/mol. The number of nitrogens with zero attached hydrogens (tertiary/aromatic N) is 4. The van der Waals surface area contributed by atoms with Gasteiger partial charge in [-0.2, -0.15) is 17.5 Å². The van der Waals surface area contributed by atoms with E-state index >= 15 is 0 Å². The number of thiophene rings is 1. The Morgan fingerprint density at radius 3 is 2.47 bits per heavy atom. The molecule has 0 aromatic carbocycles. The zero-order valence-electron chi connectivity index (χ0n) is 16.3. The van der Waals surface area contributed by atoms with E-state index in [-0.39, 0.29) is 0 Å². The molecule has 1 aliphatic rings. The highest BCUT2D eigenvalue weighted by atomic mass is 32.2. The van der Waals surface area contributed by atoms with E-state index < -0.39 is 22.2 Å². The number of aliphatic carboxylic acids is 1. The highest BCUT2D eigenvalue weighted by molar-refractivity contribution is 7.91. The maximum atomic E-state index is 12.7. The molecule has 0 saturated heterocycles. The minimum absolute atomic E-state index is 0.403. The van der Waals surface area contributed by atoms with E-state index in [2.05, 4.69) is 21.8 Å². The summed E-state index contributed by atoms with van der Waals surface area (Å²) in [4.78, 5) is 19.7. The van der Waals surface area contributed by atoms with Crippen LogP contribution in [0.4, 0.5) is 19.0 Å². The monoisotopic (exact) mass is 466 g/mol. The van der Waals surface area contributed by atoms with E-state index in [0.29, 0.717) is 30.1 Å². The van der Waals surface area contributed by atoms with Crippen molar-refractivity contribution in [3.63, 3.8) is 0 Å². The maximum absolute atomic E-state index is 12.7. The highest BCUT2D eigenvalue weighted by Crippen LogP contribution is 2.27. The Bertz CT molecular complexity index is 966. The van der Waals surface area contributed by atoms with Gasteiger partial charge in [-0.25, -0.2) is 23.2 Å². The Hall–Kier alpha value is -2.25. The lowest BCUT2D eigenvalue weighted by molar-refractivity contribution is -0.192. The molecule has 0 amide bonds. The zero-order valence-corrected chi connectivity index (χ0v) is 17.9. The van der Waals surface area contributed by atoms with E-state index in [4.69, 9.17) is 9.90 Å². The molecule has 0 atom stereocenters. The van der Waals surface area contributed by atoms with Crippen LogP contribution >= 0.6 is 11.3 Å². The number of fused-ring (bicyclic) bond motifs is 1. The van der Waals surface area contributed by atoms with E-state index in [1.165, 1.54) is 11.3 Å². The maximum Gasteiger partial charge on any atom is 0.490 e. The molecule has 0 aliphatic carbocycles. The van der Waals surface area contributed by atoms with E-state index in [9.17, 15) is 21.6 Å². The van der Waals surface area contributed by atoms with E-state index in [0.717, 1.165) is 23.6 Å². The summed E-state index contributed by atoms with van der Waals surface area (Å²) in [7, 11) is -1.41. The number of alkyl halides is 3. The van der Waals surface area contributed by atoms with Crippen molar-refractivity contribution in [1.29, 1.82) is 0 Å². The normalized spacial score (nSPS) is 14.8. The molecule has 1 N–H and O–H groups in total. The molecule has 8 nitrogen and oxygen atoms in total. The Morgan fingerprint density at radius 2 is 1.93 bits per heavy atom. The summed E-state index contributed by atoms with van der Waals surface area (Å²) < 4.78 is 59.1. The van der Waals surface area contributed by atoms with Gasteiger partial charge in [0.2, 0.25) is 0 Å². The first-order chi connectivity index (χ1) is 14.0. The first-order valence-corrected chi connectivity index (χ1v) is 11.2. The van der Waals surface area contributed by atoms with Gasteiger partial charge < -0.3 is 10.0 Å². The molecule has 0 saturated carbocycles. The molecule has 1 aliphatic heterocycles. The molecule has 0 spiro atoms. The number of hydrogen-bond acceptors (Lipinski definition) is 7. The summed E-state index contributed by atoms with van der Waals surface area (Å²) in [5, 5.41) is 8.92. The van der Waals surface area contributed by atoms with Crippen LogP contribution < -0.4 is 4.90 Å². The Balaban J connectivity index is 0.000000396. The number of aromatic nitrogens is 2. The number of carboxylic acids is 1. The molecule has 0 fully saturated rings. The van der Waals surface area contributed by atoms with Crippen molar-refractivity contribution in [1.82, 2.24) is 14.3 Å². The lowest BCUT2D eigenvalue weighted by Crippen LogP contribution is -2.32. The molecule has 2 aromatic heterocycles. The first kappa shape index (κ1) is 24.0. The lowest BCUT2D eigenvalue weighted by Gasteiger charge is -2.20. The van der Waals surface area contributed by atoms with Crippen molar-refractivity contribution in [3.8, 4) is 0 Å². The third kappa shape index (κ3) is 5.67. The second kappa shape index (κ2) is 9.71. The summed E-state index contributed by atoms with van der Waals surface area (Å²) >= 11 is 1.26. The fraction of sp³-hybridized carbons (Fsp3) is 0.471. The fourth-order valence-corrected chi connectivity index (χ4v) is 5.33. The van der Waals surface area contributed by atoms with Crippen LogP contribution in [0.2, 0.25) is 0 Å². The van der Waals surface area contributed by atoms with Crippen LogP contribution in [-0.4, -0.2) is 66.6 Å². The Kier molecular flexibility index (Phi) is 7.77. The van der Waals surface area contributed by atoms with Gasteiger partial charge in [0.25, 0.3) is 10.0 Å². The van der Waals surface area contributed by atoms with Crippen molar-refractivity contribution >= 4 is 33.1 Å². The molecular formula is C17H21F3N4O4S2. The molecule has 166 valence electrons. The molecule has 30 heavy (non-hydrogen) atoms. The minimum atomic E-state index is -5.08. The highest BCUT2D eigenvalue weighted by Gasteiger charge is 2.38. The van der Waals surface area contributed by atoms with Crippen LogP contribution in [-0.2, 0) is 27.7 Å².